The summed E-state index contributed by atoms with van der Waals surface area (Å²) in [5.41, 5.74) is 2.88. The van der Waals surface area contributed by atoms with Gasteiger partial charge in [0.05, 0.1) is 0 Å². The molecule has 0 aliphatic carbocycles. The van der Waals surface area contributed by atoms with E-state index in [0.717, 1.165) is 26.1 Å². The predicted octanol–water partition coefficient (Wildman–Crippen LogP) is 0.489. The molecule has 0 radical (unpaired) electrons. The average molecular weight is 280 g/mol. The largest absolute Gasteiger partial charge is 0.336 e. The van der Waals surface area contributed by atoms with Gasteiger partial charge >= 0.3 is 0 Å². The van der Waals surface area contributed by atoms with E-state index in [4.69, 9.17) is 0 Å². The van der Waals surface area contributed by atoms with Gasteiger partial charge in [-0.1, -0.05) is 13.8 Å². The number of hydrogen-bond acceptors (Lipinski definition) is 4. The Morgan fingerprint density at radius 2 is 2.25 bits per heavy atom. The SMILES string of the molecule is CC(C)CN(CC1CCCN1)C(=O)C1=NNC(=O)CC1. The Morgan fingerprint density at radius 1 is 1.45 bits per heavy atom. The summed E-state index contributed by atoms with van der Waals surface area (Å²) in [4.78, 5) is 25.5. The van der Waals surface area contributed by atoms with Crippen LogP contribution in [-0.4, -0.2) is 48.1 Å². The third-order valence-corrected chi connectivity index (χ3v) is 3.63. The molecule has 2 aliphatic heterocycles. The van der Waals surface area contributed by atoms with Crippen LogP contribution in [0, 0.1) is 5.92 Å². The van der Waals surface area contributed by atoms with Crippen molar-refractivity contribution in [2.45, 2.75) is 45.6 Å². The maximum Gasteiger partial charge on any atom is 0.270 e. The molecule has 2 N–H and O–H groups in total. The first kappa shape index (κ1) is 15.0. The summed E-state index contributed by atoms with van der Waals surface area (Å²) >= 11 is 0. The van der Waals surface area contributed by atoms with Gasteiger partial charge in [0.25, 0.3) is 5.91 Å². The minimum Gasteiger partial charge on any atom is -0.336 e. The van der Waals surface area contributed by atoms with Crippen LogP contribution in [0.2, 0.25) is 0 Å². The van der Waals surface area contributed by atoms with Crippen LogP contribution in [0.15, 0.2) is 5.10 Å². The molecule has 0 aromatic heterocycles. The standard InChI is InChI=1S/C14H24N4O2/c1-10(2)8-18(9-11-4-3-7-15-11)14(20)12-5-6-13(19)17-16-12/h10-11,15H,3-9H2,1-2H3,(H,17,19). The first-order valence-electron chi connectivity index (χ1n) is 7.44. The Hall–Kier alpha value is -1.43. The maximum atomic E-state index is 12.5. The molecule has 0 bridgehead atoms. The third-order valence-electron chi connectivity index (χ3n) is 3.63. The van der Waals surface area contributed by atoms with E-state index in [0.29, 0.717) is 30.5 Å². The van der Waals surface area contributed by atoms with Crippen molar-refractivity contribution >= 4 is 17.5 Å². The van der Waals surface area contributed by atoms with Crippen molar-refractivity contribution in [2.24, 2.45) is 11.0 Å². The molecule has 0 saturated carbocycles. The fraction of sp³-hybridized carbons (Fsp3) is 0.786. The normalized spacial score (nSPS) is 22.6. The topological polar surface area (TPSA) is 73.8 Å². The van der Waals surface area contributed by atoms with E-state index in [1.54, 1.807) is 0 Å². The van der Waals surface area contributed by atoms with Gasteiger partial charge < -0.3 is 10.2 Å². The number of amides is 2. The number of nitrogens with one attached hydrogen (secondary N) is 2. The van der Waals surface area contributed by atoms with Crippen molar-refractivity contribution in [1.29, 1.82) is 0 Å². The smallest absolute Gasteiger partial charge is 0.270 e. The van der Waals surface area contributed by atoms with Crippen LogP contribution in [0.3, 0.4) is 0 Å². The van der Waals surface area contributed by atoms with E-state index in [1.807, 2.05) is 4.90 Å². The molecule has 1 saturated heterocycles. The van der Waals surface area contributed by atoms with Crippen molar-refractivity contribution in [3.05, 3.63) is 0 Å². The van der Waals surface area contributed by atoms with Crippen LogP contribution in [0.4, 0.5) is 0 Å². The second kappa shape index (κ2) is 6.83. The number of hydrazone groups is 1. The van der Waals surface area contributed by atoms with E-state index in [2.05, 4.69) is 29.7 Å². The zero-order valence-electron chi connectivity index (χ0n) is 12.3. The molecule has 1 atom stereocenters. The van der Waals surface area contributed by atoms with Crippen LogP contribution in [-0.2, 0) is 9.59 Å². The summed E-state index contributed by atoms with van der Waals surface area (Å²) in [5, 5.41) is 7.34. The van der Waals surface area contributed by atoms with Crippen molar-refractivity contribution in [2.75, 3.05) is 19.6 Å². The van der Waals surface area contributed by atoms with Gasteiger partial charge in [-0.2, -0.15) is 5.10 Å². The van der Waals surface area contributed by atoms with Crippen molar-refractivity contribution in [3.8, 4) is 0 Å². The van der Waals surface area contributed by atoms with Crippen molar-refractivity contribution < 1.29 is 9.59 Å². The molecule has 20 heavy (non-hydrogen) atoms. The lowest BCUT2D eigenvalue weighted by Gasteiger charge is -2.28. The molecule has 6 heteroatoms. The van der Waals surface area contributed by atoms with E-state index in [9.17, 15) is 9.59 Å². The number of hydrogen-bond donors (Lipinski definition) is 2. The van der Waals surface area contributed by atoms with Crippen LogP contribution in [0.1, 0.15) is 39.5 Å². The first-order chi connectivity index (χ1) is 9.56. The zero-order chi connectivity index (χ0) is 14.5. The van der Waals surface area contributed by atoms with Gasteiger partial charge in [0.2, 0.25) is 5.91 Å². The lowest BCUT2D eigenvalue weighted by molar-refractivity contribution is -0.125. The number of carbonyl (C=O) groups excluding carboxylic acids is 2. The highest BCUT2D eigenvalue weighted by Crippen LogP contribution is 2.11. The highest BCUT2D eigenvalue weighted by molar-refractivity contribution is 6.39. The number of nitrogens with zero attached hydrogens (tertiary/aromatic N) is 2. The third kappa shape index (κ3) is 4.03. The second-order valence-electron chi connectivity index (χ2n) is 5.99. The average Bonchev–Trinajstić information content (AvgIpc) is 2.90. The minimum atomic E-state index is -0.116. The Bertz CT molecular complexity index is 400. The number of carbonyl (C=O) groups is 2. The molecule has 1 fully saturated rings. The predicted molar refractivity (Wildman–Crippen MR) is 77.3 cm³/mol. The summed E-state index contributed by atoms with van der Waals surface area (Å²) in [6, 6.07) is 0.386. The highest BCUT2D eigenvalue weighted by Gasteiger charge is 2.27. The maximum absolute atomic E-state index is 12.5. The Labute approximate surface area is 120 Å². The molecule has 2 heterocycles. The van der Waals surface area contributed by atoms with Gasteiger partial charge in [-0.25, -0.2) is 5.43 Å². The van der Waals surface area contributed by atoms with Crippen LogP contribution < -0.4 is 10.7 Å². The van der Waals surface area contributed by atoms with Gasteiger partial charge in [0.15, 0.2) is 0 Å². The zero-order valence-corrected chi connectivity index (χ0v) is 12.3. The molecule has 0 aromatic rings. The molecule has 0 spiro atoms. The van der Waals surface area contributed by atoms with Crippen LogP contribution in [0.25, 0.3) is 0 Å². The fourth-order valence-electron chi connectivity index (χ4n) is 2.67. The quantitative estimate of drug-likeness (QED) is 0.769. The molecule has 0 aromatic carbocycles. The fourth-order valence-corrected chi connectivity index (χ4v) is 2.67. The molecule has 1 unspecified atom stereocenters. The summed E-state index contributed by atoms with van der Waals surface area (Å²) < 4.78 is 0. The number of rotatable bonds is 5. The lowest BCUT2D eigenvalue weighted by atomic mass is 10.1. The van der Waals surface area contributed by atoms with Gasteiger partial charge in [0, 0.05) is 32.0 Å². The van der Waals surface area contributed by atoms with Crippen LogP contribution in [0.5, 0.6) is 0 Å². The molecule has 2 rings (SSSR count). The van der Waals surface area contributed by atoms with E-state index < -0.39 is 0 Å². The summed E-state index contributed by atoms with van der Waals surface area (Å²) in [5.74, 6) is 0.265. The van der Waals surface area contributed by atoms with Gasteiger partial charge in [0.1, 0.15) is 5.71 Å². The van der Waals surface area contributed by atoms with E-state index >= 15 is 0 Å². The van der Waals surface area contributed by atoms with Gasteiger partial charge in [-0.3, -0.25) is 9.59 Å². The summed E-state index contributed by atoms with van der Waals surface area (Å²) in [6.07, 6.45) is 3.08. The molecular weight excluding hydrogens is 256 g/mol. The summed E-state index contributed by atoms with van der Waals surface area (Å²) in [6.45, 7) is 6.69. The molecule has 2 aliphatic rings. The van der Waals surface area contributed by atoms with Crippen molar-refractivity contribution in [1.82, 2.24) is 15.6 Å². The Kier molecular flexibility index (Phi) is 5.11. The first-order valence-corrected chi connectivity index (χ1v) is 7.44. The Morgan fingerprint density at radius 3 is 2.80 bits per heavy atom. The molecule has 112 valence electrons. The molecular formula is C14H24N4O2. The van der Waals surface area contributed by atoms with E-state index in [1.165, 1.54) is 6.42 Å². The molecule has 6 nitrogen and oxygen atoms in total. The van der Waals surface area contributed by atoms with E-state index in [-0.39, 0.29) is 11.8 Å². The van der Waals surface area contributed by atoms with Gasteiger partial charge in [-0.15, -0.1) is 0 Å². The van der Waals surface area contributed by atoms with Gasteiger partial charge in [-0.05, 0) is 25.3 Å². The van der Waals surface area contributed by atoms with Crippen molar-refractivity contribution in [3.63, 3.8) is 0 Å². The lowest BCUT2D eigenvalue weighted by Crippen LogP contribution is -2.47. The summed E-state index contributed by atoms with van der Waals surface area (Å²) in [7, 11) is 0. The minimum absolute atomic E-state index is 0.0348. The molecule has 2 amide bonds. The monoisotopic (exact) mass is 280 g/mol. The second-order valence-corrected chi connectivity index (χ2v) is 5.99. The van der Waals surface area contributed by atoms with Crippen LogP contribution >= 0.6 is 0 Å². The highest BCUT2D eigenvalue weighted by atomic mass is 16.2. The Balaban J connectivity index is 2.00.